The molecule has 0 fully saturated rings. The smallest absolute Gasteiger partial charge is 0.335 e. The van der Waals surface area contributed by atoms with E-state index in [1.165, 1.54) is 26.4 Å². The predicted molar refractivity (Wildman–Crippen MR) is 172 cm³/mol. The molecule has 1 heterocycles. The van der Waals surface area contributed by atoms with Gasteiger partial charge in [-0.2, -0.15) is 0 Å². The summed E-state index contributed by atoms with van der Waals surface area (Å²) in [7, 11) is 3.04. The van der Waals surface area contributed by atoms with E-state index in [9.17, 15) is 19.5 Å². The molecule has 46 heavy (non-hydrogen) atoms. The second-order valence-corrected chi connectivity index (χ2v) is 12.1. The molecule has 4 rings (SSSR count). The monoisotopic (exact) mass is 654 g/mol. The molecule has 0 spiro atoms. The van der Waals surface area contributed by atoms with Gasteiger partial charge in [0.1, 0.15) is 18.0 Å². The lowest BCUT2D eigenvalue weighted by molar-refractivity contribution is -0.138. The predicted octanol–water partition coefficient (Wildman–Crippen LogP) is 4.87. The number of aromatic carboxylic acids is 1. The fourth-order valence-corrected chi connectivity index (χ4v) is 5.31. The van der Waals surface area contributed by atoms with Crippen LogP contribution >= 0.6 is 11.6 Å². The molecule has 1 aliphatic heterocycles. The number of anilines is 1. The first kappa shape index (κ1) is 34.6. The number of nitrogens with one attached hydrogen (secondary N) is 1. The van der Waals surface area contributed by atoms with Gasteiger partial charge in [0.2, 0.25) is 5.91 Å². The summed E-state index contributed by atoms with van der Waals surface area (Å²) in [4.78, 5) is 39.9. The second kappa shape index (κ2) is 15.3. The third-order valence-corrected chi connectivity index (χ3v) is 7.75. The molecule has 11 nitrogen and oxygen atoms in total. The van der Waals surface area contributed by atoms with E-state index in [-0.39, 0.29) is 38.3 Å². The minimum atomic E-state index is -1.19. The van der Waals surface area contributed by atoms with Gasteiger partial charge in [-0.25, -0.2) is 4.79 Å². The first-order chi connectivity index (χ1) is 22.0. The number of benzene rings is 3. The van der Waals surface area contributed by atoms with Crippen LogP contribution < -0.4 is 24.4 Å². The van der Waals surface area contributed by atoms with Crippen molar-refractivity contribution in [3.63, 3.8) is 0 Å². The fourth-order valence-electron chi connectivity index (χ4n) is 5.13. The van der Waals surface area contributed by atoms with Crippen molar-refractivity contribution in [3.8, 4) is 17.2 Å². The Bertz CT molecular complexity index is 1540. The van der Waals surface area contributed by atoms with Crippen LogP contribution in [0.15, 0.2) is 60.7 Å². The van der Waals surface area contributed by atoms with Gasteiger partial charge >= 0.3 is 5.97 Å². The van der Waals surface area contributed by atoms with Gasteiger partial charge in [-0.3, -0.25) is 9.59 Å². The Labute approximate surface area is 273 Å². The highest BCUT2D eigenvalue weighted by atomic mass is 35.5. The molecule has 2 atom stereocenters. The number of rotatable bonds is 14. The summed E-state index contributed by atoms with van der Waals surface area (Å²) in [6.07, 6.45) is -1.85. The van der Waals surface area contributed by atoms with Crippen LogP contribution in [0.5, 0.6) is 17.2 Å². The Kier molecular flexibility index (Phi) is 11.5. The molecule has 3 N–H and O–H groups in total. The number of hydrogen-bond donors (Lipinski definition) is 3. The number of carboxylic acids is 1. The number of methoxy groups -OCH3 is 2. The molecule has 0 aromatic heterocycles. The van der Waals surface area contributed by atoms with Crippen molar-refractivity contribution in [1.82, 2.24) is 5.32 Å². The molecule has 1 aliphatic rings. The largest absolute Gasteiger partial charge is 0.494 e. The molecular weight excluding hydrogens is 616 g/mol. The third-order valence-electron chi connectivity index (χ3n) is 7.52. The van der Waals surface area contributed by atoms with Crippen molar-refractivity contribution >= 4 is 35.1 Å². The summed E-state index contributed by atoms with van der Waals surface area (Å²) in [5.41, 5.74) is 1.22. The van der Waals surface area contributed by atoms with Crippen LogP contribution in [0.25, 0.3) is 0 Å². The van der Waals surface area contributed by atoms with Crippen molar-refractivity contribution in [2.24, 2.45) is 5.41 Å². The lowest BCUT2D eigenvalue weighted by Crippen LogP contribution is -2.46. The highest BCUT2D eigenvalue weighted by Crippen LogP contribution is 2.45. The summed E-state index contributed by atoms with van der Waals surface area (Å²) in [5.74, 6) is -0.456. The van der Waals surface area contributed by atoms with Crippen molar-refractivity contribution in [2.75, 3.05) is 45.4 Å². The highest BCUT2D eigenvalue weighted by molar-refractivity contribution is 6.30. The van der Waals surface area contributed by atoms with E-state index in [1.807, 2.05) is 13.8 Å². The van der Waals surface area contributed by atoms with Crippen molar-refractivity contribution in [1.29, 1.82) is 0 Å². The summed E-state index contributed by atoms with van der Waals surface area (Å²) in [6.45, 7) is 4.22. The molecule has 0 bridgehead atoms. The van der Waals surface area contributed by atoms with Gasteiger partial charge in [0, 0.05) is 46.9 Å². The van der Waals surface area contributed by atoms with Crippen LogP contribution in [0.3, 0.4) is 0 Å². The van der Waals surface area contributed by atoms with Crippen LogP contribution in [0.2, 0.25) is 5.02 Å². The number of nitrogens with zero attached hydrogens (tertiary/aromatic N) is 1. The van der Waals surface area contributed by atoms with Gasteiger partial charge in [0.25, 0.3) is 5.91 Å². The molecule has 0 radical (unpaired) electrons. The minimum Gasteiger partial charge on any atom is -0.494 e. The third kappa shape index (κ3) is 8.28. The normalized spacial score (nSPS) is 16.3. The van der Waals surface area contributed by atoms with Crippen LogP contribution in [0, 0.1) is 5.41 Å². The maximum atomic E-state index is 14.2. The highest BCUT2D eigenvalue weighted by Gasteiger charge is 2.40. The number of carbonyl (C=O) groups is 3. The van der Waals surface area contributed by atoms with E-state index in [4.69, 9.17) is 35.7 Å². The molecule has 0 saturated carbocycles. The summed E-state index contributed by atoms with van der Waals surface area (Å²) in [5, 5.41) is 22.4. The number of aliphatic hydroxyl groups excluding tert-OH is 1. The zero-order valence-corrected chi connectivity index (χ0v) is 27.0. The van der Waals surface area contributed by atoms with E-state index >= 15 is 0 Å². The summed E-state index contributed by atoms with van der Waals surface area (Å²) < 4.78 is 23.4. The van der Waals surface area contributed by atoms with E-state index in [1.54, 1.807) is 53.4 Å². The van der Waals surface area contributed by atoms with Crippen LogP contribution in [0.4, 0.5) is 5.69 Å². The maximum absolute atomic E-state index is 14.2. The van der Waals surface area contributed by atoms with Gasteiger partial charge in [-0.15, -0.1) is 0 Å². The van der Waals surface area contributed by atoms with E-state index in [2.05, 4.69) is 5.32 Å². The maximum Gasteiger partial charge on any atom is 0.335 e. The van der Waals surface area contributed by atoms with E-state index in [0.717, 1.165) is 0 Å². The first-order valence-electron chi connectivity index (χ1n) is 14.8. The fraction of sp³-hybridized carbons (Fsp3) is 0.382. The Morgan fingerprint density at radius 1 is 1.04 bits per heavy atom. The standard InChI is InChI=1S/C34H39ClN2O9/c1-34(2,20-38)19-37-26-14-11-22(35)17-25(26)30(24-7-5-8-27(43-3)31(24)44-4)46-28(32(37)40)18-29(39)36-15-6-16-45-23-12-9-21(10-13-23)33(41)42/h5,7-14,17,28,30,38H,6,15-16,18-20H2,1-4H3,(H,36,39)(H,41,42)/t28-,30-/m1/s1. The van der Waals surface area contributed by atoms with E-state index < -0.39 is 35.4 Å². The molecule has 12 heteroatoms. The topological polar surface area (TPSA) is 144 Å². The number of ether oxygens (including phenoxy) is 4. The lowest BCUT2D eigenvalue weighted by Gasteiger charge is -2.32. The number of carbonyl (C=O) groups excluding carboxylic acids is 2. The van der Waals surface area contributed by atoms with Crippen molar-refractivity contribution in [3.05, 3.63) is 82.4 Å². The van der Waals surface area contributed by atoms with Crippen molar-refractivity contribution < 1.29 is 43.5 Å². The number of fused-ring (bicyclic) bond motifs is 1. The average molecular weight is 655 g/mol. The molecule has 0 saturated heterocycles. The summed E-state index contributed by atoms with van der Waals surface area (Å²) >= 11 is 6.47. The molecule has 0 aliphatic carbocycles. The average Bonchev–Trinajstić information content (AvgIpc) is 3.14. The first-order valence-corrected chi connectivity index (χ1v) is 15.2. The Morgan fingerprint density at radius 3 is 2.43 bits per heavy atom. The molecule has 246 valence electrons. The molecule has 0 unspecified atom stereocenters. The van der Waals surface area contributed by atoms with Gasteiger partial charge in [-0.05, 0) is 55.0 Å². The van der Waals surface area contributed by atoms with E-state index in [0.29, 0.717) is 45.5 Å². The Hall–Kier alpha value is -4.32. The zero-order valence-electron chi connectivity index (χ0n) is 26.2. The number of carboxylic acid groups (broad SMARTS) is 1. The lowest BCUT2D eigenvalue weighted by atomic mass is 9.92. The van der Waals surface area contributed by atoms with Gasteiger partial charge in [0.15, 0.2) is 11.5 Å². The number of halogens is 1. The summed E-state index contributed by atoms with van der Waals surface area (Å²) in [6, 6.07) is 16.5. The van der Waals surface area contributed by atoms with Gasteiger partial charge in [0.05, 0.1) is 32.8 Å². The second-order valence-electron chi connectivity index (χ2n) is 11.6. The Balaban J connectivity index is 1.56. The number of amides is 2. The zero-order chi connectivity index (χ0) is 33.4. The molecular formula is C34H39ClN2O9. The van der Waals surface area contributed by atoms with Crippen LogP contribution in [-0.4, -0.2) is 74.6 Å². The van der Waals surface area contributed by atoms with Gasteiger partial charge < -0.3 is 39.4 Å². The number of para-hydroxylation sites is 1. The van der Waals surface area contributed by atoms with Gasteiger partial charge in [-0.1, -0.05) is 37.6 Å². The number of aliphatic hydroxyl groups is 1. The molecule has 2 amide bonds. The van der Waals surface area contributed by atoms with Crippen LogP contribution in [-0.2, 0) is 14.3 Å². The van der Waals surface area contributed by atoms with Crippen molar-refractivity contribution in [2.45, 2.75) is 38.9 Å². The minimum absolute atomic E-state index is 0.158. The number of hydrogen-bond acceptors (Lipinski definition) is 8. The Morgan fingerprint density at radius 2 is 1.78 bits per heavy atom. The SMILES string of the molecule is COc1cccc([C@H]2O[C@H](CC(=O)NCCCOc3ccc(C(=O)O)cc3)C(=O)N(CC(C)(C)CO)c3ccc(Cl)cc32)c1OC. The molecule has 3 aromatic carbocycles. The molecule has 3 aromatic rings. The van der Waals surface area contributed by atoms with Crippen LogP contribution in [0.1, 0.15) is 54.3 Å². The quantitative estimate of drug-likeness (QED) is 0.207.